The summed E-state index contributed by atoms with van der Waals surface area (Å²) in [4.78, 5) is 19.9. The maximum atomic E-state index is 10.8. The molecule has 0 aliphatic carbocycles. The van der Waals surface area contributed by atoms with Crippen LogP contribution in [-0.4, -0.2) is 82.9 Å². The fourth-order valence-electron chi connectivity index (χ4n) is 2.41. The quantitative estimate of drug-likeness (QED) is 0.407. The van der Waals surface area contributed by atoms with Gasteiger partial charge in [-0.1, -0.05) is 0 Å². The zero-order chi connectivity index (χ0) is 12.6. The Balaban J connectivity index is 0.000000188. The molecule has 0 spiro atoms. The van der Waals surface area contributed by atoms with Gasteiger partial charge in [0, 0.05) is 0 Å². The van der Waals surface area contributed by atoms with Crippen molar-refractivity contribution in [1.82, 2.24) is 19.6 Å². The van der Waals surface area contributed by atoms with Crippen molar-refractivity contribution in [3.8, 4) is 0 Å². The predicted octanol–water partition coefficient (Wildman–Crippen LogP) is -2.11. The van der Waals surface area contributed by atoms with Crippen LogP contribution in [0.25, 0.3) is 0 Å². The first-order chi connectivity index (χ1) is 7.86. The van der Waals surface area contributed by atoms with E-state index in [2.05, 4.69) is 19.6 Å². The lowest BCUT2D eigenvalue weighted by Gasteiger charge is -2.58. The van der Waals surface area contributed by atoms with Crippen molar-refractivity contribution in [3.05, 3.63) is 0 Å². The SMILES string of the molecule is O=CC1N2CN3CN(C2)CN1C3.O=S(=O)(O)O. The molecule has 0 aromatic rings. The number of aldehydes is 1. The minimum atomic E-state index is -4.67. The third-order valence-electron chi connectivity index (χ3n) is 2.80. The highest BCUT2D eigenvalue weighted by Gasteiger charge is 2.43. The fourth-order valence-corrected chi connectivity index (χ4v) is 2.41. The molecule has 0 unspecified atom stereocenters. The number of hydrogen-bond acceptors (Lipinski definition) is 7. The maximum Gasteiger partial charge on any atom is 0.394 e. The van der Waals surface area contributed by atoms with Crippen LogP contribution in [0.2, 0.25) is 0 Å². The first kappa shape index (κ1) is 12.8. The normalized spacial score (nSPS) is 42.8. The van der Waals surface area contributed by atoms with Crippen molar-refractivity contribution >= 4 is 16.7 Å². The first-order valence-electron chi connectivity index (χ1n) is 4.95. The number of carbonyl (C=O) groups is 1. The second kappa shape index (κ2) is 4.57. The number of hydrogen-bond donors (Lipinski definition) is 2. The van der Waals surface area contributed by atoms with Gasteiger partial charge in [-0.15, -0.1) is 0 Å². The summed E-state index contributed by atoms with van der Waals surface area (Å²) in [6.07, 6.45) is 1.10. The molecule has 0 atom stereocenters. The standard InChI is InChI=1S/C7H12N4O.H2O4S/c12-1-7-10-3-8-2-9(5-10)6-11(7)4-8;1-5(2,3)4/h1,7H,2-6H2;(H2,1,2,3,4). The summed E-state index contributed by atoms with van der Waals surface area (Å²) < 4.78 is 31.6. The van der Waals surface area contributed by atoms with Gasteiger partial charge in [0.15, 0.2) is 6.29 Å². The average Bonchev–Trinajstić information content (AvgIpc) is 2.13. The summed E-state index contributed by atoms with van der Waals surface area (Å²) in [5, 5.41) is 0. The highest BCUT2D eigenvalue weighted by molar-refractivity contribution is 7.79. The molecule has 17 heavy (non-hydrogen) atoms. The molecule has 9 nitrogen and oxygen atoms in total. The molecule has 4 heterocycles. The molecule has 4 bridgehead atoms. The minimum Gasteiger partial charge on any atom is -0.300 e. The highest BCUT2D eigenvalue weighted by Crippen LogP contribution is 2.24. The molecule has 4 aliphatic rings. The average molecular weight is 266 g/mol. The van der Waals surface area contributed by atoms with Crippen LogP contribution in [0.4, 0.5) is 0 Å². The van der Waals surface area contributed by atoms with Crippen LogP contribution >= 0.6 is 0 Å². The van der Waals surface area contributed by atoms with Crippen LogP contribution in [0.15, 0.2) is 0 Å². The predicted molar refractivity (Wildman–Crippen MR) is 55.7 cm³/mol. The van der Waals surface area contributed by atoms with Crippen molar-refractivity contribution in [2.24, 2.45) is 0 Å². The summed E-state index contributed by atoms with van der Waals surface area (Å²) in [6, 6.07) is 0. The molecular formula is C7H14N4O5S. The van der Waals surface area contributed by atoms with E-state index < -0.39 is 10.4 Å². The number of rotatable bonds is 1. The van der Waals surface area contributed by atoms with E-state index in [-0.39, 0.29) is 6.17 Å². The Hall–Kier alpha value is -0.620. The van der Waals surface area contributed by atoms with Gasteiger partial charge in [0.25, 0.3) is 0 Å². The molecule has 0 radical (unpaired) electrons. The lowest BCUT2D eigenvalue weighted by Crippen LogP contribution is -2.75. The summed E-state index contributed by atoms with van der Waals surface area (Å²) in [5.74, 6) is 0. The van der Waals surface area contributed by atoms with Crippen LogP contribution in [0, 0.1) is 0 Å². The van der Waals surface area contributed by atoms with E-state index in [0.717, 1.165) is 39.6 Å². The molecule has 10 heteroatoms. The van der Waals surface area contributed by atoms with Crippen LogP contribution in [0.5, 0.6) is 0 Å². The fraction of sp³-hybridized carbons (Fsp3) is 0.857. The van der Waals surface area contributed by atoms with Gasteiger partial charge in [-0.2, -0.15) is 8.42 Å². The maximum absolute atomic E-state index is 10.8. The lowest BCUT2D eigenvalue weighted by atomic mass is 10.3. The van der Waals surface area contributed by atoms with Gasteiger partial charge >= 0.3 is 10.4 Å². The largest absolute Gasteiger partial charge is 0.394 e. The summed E-state index contributed by atoms with van der Waals surface area (Å²) in [6.45, 7) is 4.89. The lowest BCUT2D eigenvalue weighted by molar-refractivity contribution is -0.222. The Morgan fingerprint density at radius 1 is 0.941 bits per heavy atom. The molecule has 4 aliphatic heterocycles. The van der Waals surface area contributed by atoms with E-state index in [4.69, 9.17) is 17.5 Å². The van der Waals surface area contributed by atoms with Crippen molar-refractivity contribution < 1.29 is 22.3 Å². The summed E-state index contributed by atoms with van der Waals surface area (Å²) in [5.41, 5.74) is 0. The molecule has 0 saturated carbocycles. The van der Waals surface area contributed by atoms with Crippen LogP contribution in [0.3, 0.4) is 0 Å². The van der Waals surface area contributed by atoms with E-state index in [9.17, 15) is 4.79 Å². The van der Waals surface area contributed by atoms with Gasteiger partial charge < -0.3 is 4.79 Å². The van der Waals surface area contributed by atoms with E-state index >= 15 is 0 Å². The van der Waals surface area contributed by atoms with E-state index in [1.165, 1.54) is 0 Å². The molecule has 0 amide bonds. The second-order valence-corrected chi connectivity index (χ2v) is 5.12. The van der Waals surface area contributed by atoms with Crippen LogP contribution < -0.4 is 0 Å². The van der Waals surface area contributed by atoms with E-state index in [0.29, 0.717) is 0 Å². The number of nitrogens with zero attached hydrogens (tertiary/aromatic N) is 4. The third kappa shape index (κ3) is 3.19. The smallest absolute Gasteiger partial charge is 0.300 e. The Bertz CT molecular complexity index is 363. The Morgan fingerprint density at radius 3 is 1.59 bits per heavy atom. The molecule has 0 aromatic heterocycles. The Labute approximate surface area is 98.7 Å². The third-order valence-corrected chi connectivity index (χ3v) is 2.80. The van der Waals surface area contributed by atoms with E-state index in [1.54, 1.807) is 0 Å². The molecule has 4 fully saturated rings. The molecule has 4 saturated heterocycles. The van der Waals surface area contributed by atoms with Crippen molar-refractivity contribution in [3.63, 3.8) is 0 Å². The van der Waals surface area contributed by atoms with Gasteiger partial charge in [0.05, 0.1) is 33.3 Å². The molecular weight excluding hydrogens is 252 g/mol. The summed E-state index contributed by atoms with van der Waals surface area (Å²) in [7, 11) is -4.67. The highest BCUT2D eigenvalue weighted by atomic mass is 32.3. The van der Waals surface area contributed by atoms with Gasteiger partial charge in [-0.05, 0) is 0 Å². The number of carbonyl (C=O) groups excluding carboxylic acids is 1. The monoisotopic (exact) mass is 266 g/mol. The zero-order valence-corrected chi connectivity index (χ0v) is 9.82. The van der Waals surface area contributed by atoms with E-state index in [1.807, 2.05) is 0 Å². The molecule has 2 N–H and O–H groups in total. The van der Waals surface area contributed by atoms with Crippen LogP contribution in [-0.2, 0) is 15.2 Å². The Kier molecular flexibility index (Phi) is 3.45. The van der Waals surface area contributed by atoms with Crippen molar-refractivity contribution in [1.29, 1.82) is 0 Å². The zero-order valence-electron chi connectivity index (χ0n) is 9.01. The van der Waals surface area contributed by atoms with Gasteiger partial charge in [-0.25, -0.2) is 0 Å². The summed E-state index contributed by atoms with van der Waals surface area (Å²) >= 11 is 0. The Morgan fingerprint density at radius 2 is 1.29 bits per heavy atom. The second-order valence-electron chi connectivity index (χ2n) is 4.22. The minimum absolute atomic E-state index is 0.0396. The molecule has 4 rings (SSSR count). The molecule has 98 valence electrons. The van der Waals surface area contributed by atoms with Crippen LogP contribution in [0.1, 0.15) is 0 Å². The van der Waals surface area contributed by atoms with Gasteiger partial charge in [0.2, 0.25) is 0 Å². The van der Waals surface area contributed by atoms with Gasteiger partial charge in [0.1, 0.15) is 6.17 Å². The first-order valence-corrected chi connectivity index (χ1v) is 6.34. The van der Waals surface area contributed by atoms with Gasteiger partial charge in [-0.3, -0.25) is 28.7 Å². The van der Waals surface area contributed by atoms with Crippen molar-refractivity contribution in [2.75, 3.05) is 33.3 Å². The topological polar surface area (TPSA) is 105 Å². The van der Waals surface area contributed by atoms with Crippen molar-refractivity contribution in [2.45, 2.75) is 6.17 Å². The molecule has 0 aromatic carbocycles.